The molecule has 0 aromatic heterocycles. The molecule has 0 saturated carbocycles. The summed E-state index contributed by atoms with van der Waals surface area (Å²) in [5.41, 5.74) is 2.02. The van der Waals surface area contributed by atoms with Crippen LogP contribution in [0.1, 0.15) is 21.5 Å². The number of carboxylic acid groups (broad SMARTS) is 1. The fraction of sp³-hybridized carbons (Fsp3) is 0.278. The van der Waals surface area contributed by atoms with Crippen molar-refractivity contribution in [1.82, 2.24) is 10.0 Å². The van der Waals surface area contributed by atoms with Gasteiger partial charge in [-0.05, 0) is 35.4 Å². The largest absolute Gasteiger partial charge is 0.478 e. The van der Waals surface area contributed by atoms with Crippen molar-refractivity contribution in [1.29, 1.82) is 0 Å². The van der Waals surface area contributed by atoms with Gasteiger partial charge in [0.15, 0.2) is 0 Å². The van der Waals surface area contributed by atoms with Crippen LogP contribution in [0.4, 0.5) is 0 Å². The number of rotatable bonds is 10. The number of ether oxygens (including phenoxy) is 1. The highest BCUT2D eigenvalue weighted by Gasteiger charge is 2.13. The van der Waals surface area contributed by atoms with E-state index in [0.717, 1.165) is 11.1 Å². The molecule has 0 aliphatic rings. The van der Waals surface area contributed by atoms with Gasteiger partial charge in [0.1, 0.15) is 0 Å². The molecular weight excluding hydrogens is 356 g/mol. The van der Waals surface area contributed by atoms with E-state index in [0.29, 0.717) is 19.7 Å². The summed E-state index contributed by atoms with van der Waals surface area (Å²) in [7, 11) is -2.05. The van der Waals surface area contributed by atoms with Crippen molar-refractivity contribution in [2.45, 2.75) is 18.0 Å². The SMILES string of the molecule is COCCNS(=O)(=O)c1cccc(CNCc2ccc(C(=O)O)cc2)c1. The summed E-state index contributed by atoms with van der Waals surface area (Å²) in [4.78, 5) is 11.0. The van der Waals surface area contributed by atoms with Crippen molar-refractivity contribution in [2.75, 3.05) is 20.3 Å². The van der Waals surface area contributed by atoms with Gasteiger partial charge in [-0.25, -0.2) is 17.9 Å². The predicted molar refractivity (Wildman–Crippen MR) is 97.5 cm³/mol. The van der Waals surface area contributed by atoms with E-state index in [1.807, 2.05) is 6.07 Å². The zero-order valence-corrected chi connectivity index (χ0v) is 15.3. The van der Waals surface area contributed by atoms with Gasteiger partial charge in [-0.1, -0.05) is 24.3 Å². The second-order valence-corrected chi connectivity index (χ2v) is 7.41. The van der Waals surface area contributed by atoms with Gasteiger partial charge >= 0.3 is 5.97 Å². The number of carboxylic acids is 1. The number of hydrogen-bond acceptors (Lipinski definition) is 5. The van der Waals surface area contributed by atoms with Crippen LogP contribution >= 0.6 is 0 Å². The molecule has 3 N–H and O–H groups in total. The Labute approximate surface area is 153 Å². The molecule has 0 aliphatic carbocycles. The maximum atomic E-state index is 12.2. The molecule has 26 heavy (non-hydrogen) atoms. The minimum absolute atomic E-state index is 0.207. The van der Waals surface area contributed by atoms with Gasteiger partial charge in [-0.3, -0.25) is 0 Å². The molecule has 0 atom stereocenters. The first-order chi connectivity index (χ1) is 12.4. The molecule has 0 unspecified atom stereocenters. The number of methoxy groups -OCH3 is 1. The van der Waals surface area contributed by atoms with Crippen LogP contribution in [0.2, 0.25) is 0 Å². The van der Waals surface area contributed by atoms with Crippen molar-refractivity contribution < 1.29 is 23.1 Å². The molecule has 0 spiro atoms. The molecule has 0 amide bonds. The Balaban J connectivity index is 1.93. The Morgan fingerprint density at radius 3 is 2.42 bits per heavy atom. The van der Waals surface area contributed by atoms with Crippen molar-refractivity contribution in [2.24, 2.45) is 0 Å². The number of carbonyl (C=O) groups is 1. The normalized spacial score (nSPS) is 11.4. The first-order valence-electron chi connectivity index (χ1n) is 8.03. The quantitative estimate of drug-likeness (QED) is 0.543. The van der Waals surface area contributed by atoms with Crippen LogP contribution in [-0.4, -0.2) is 39.8 Å². The lowest BCUT2D eigenvalue weighted by atomic mass is 10.1. The average Bonchev–Trinajstić information content (AvgIpc) is 2.62. The smallest absolute Gasteiger partial charge is 0.335 e. The Hall–Kier alpha value is -2.26. The summed E-state index contributed by atoms with van der Waals surface area (Å²) in [6.45, 7) is 1.56. The number of sulfonamides is 1. The third kappa shape index (κ3) is 5.92. The van der Waals surface area contributed by atoms with E-state index in [9.17, 15) is 13.2 Å². The van der Waals surface area contributed by atoms with Crippen LogP contribution < -0.4 is 10.0 Å². The van der Waals surface area contributed by atoms with Crippen LogP contribution in [0.5, 0.6) is 0 Å². The molecule has 0 saturated heterocycles. The van der Waals surface area contributed by atoms with Crippen molar-refractivity contribution in [3.63, 3.8) is 0 Å². The molecule has 2 rings (SSSR count). The Morgan fingerprint density at radius 2 is 1.77 bits per heavy atom. The zero-order chi connectivity index (χ0) is 19.0. The lowest BCUT2D eigenvalue weighted by molar-refractivity contribution is 0.0697. The highest BCUT2D eigenvalue weighted by Crippen LogP contribution is 2.12. The summed E-state index contributed by atoms with van der Waals surface area (Å²) in [5, 5.41) is 12.1. The van der Waals surface area contributed by atoms with Crippen LogP contribution in [0.15, 0.2) is 53.4 Å². The van der Waals surface area contributed by atoms with Gasteiger partial charge in [0.05, 0.1) is 17.1 Å². The first kappa shape index (κ1) is 20.1. The molecule has 0 radical (unpaired) electrons. The lowest BCUT2D eigenvalue weighted by Crippen LogP contribution is -2.27. The van der Waals surface area contributed by atoms with E-state index >= 15 is 0 Å². The molecular formula is C18H22N2O5S. The summed E-state index contributed by atoms with van der Waals surface area (Å²) in [6, 6.07) is 13.3. The van der Waals surface area contributed by atoms with Gasteiger partial charge < -0.3 is 15.2 Å². The first-order valence-corrected chi connectivity index (χ1v) is 9.51. The van der Waals surface area contributed by atoms with Crippen molar-refractivity contribution in [3.05, 3.63) is 65.2 Å². The average molecular weight is 378 g/mol. The summed E-state index contributed by atoms with van der Waals surface area (Å²) >= 11 is 0. The van der Waals surface area contributed by atoms with Crippen molar-refractivity contribution in [3.8, 4) is 0 Å². The second kappa shape index (κ2) is 9.44. The highest BCUT2D eigenvalue weighted by molar-refractivity contribution is 7.89. The molecule has 2 aromatic rings. The monoisotopic (exact) mass is 378 g/mol. The van der Waals surface area contributed by atoms with Crippen LogP contribution in [0, 0.1) is 0 Å². The molecule has 0 fully saturated rings. The standard InChI is InChI=1S/C18H22N2O5S/c1-25-10-9-20-26(23,24)17-4-2-3-15(11-17)13-19-12-14-5-7-16(8-6-14)18(21)22/h2-8,11,19-20H,9-10,12-13H2,1H3,(H,21,22). The molecule has 0 bridgehead atoms. The fourth-order valence-electron chi connectivity index (χ4n) is 2.30. The molecule has 2 aromatic carbocycles. The number of nitrogens with one attached hydrogen (secondary N) is 2. The second-order valence-electron chi connectivity index (χ2n) is 5.64. The fourth-order valence-corrected chi connectivity index (χ4v) is 3.38. The van der Waals surface area contributed by atoms with E-state index in [1.165, 1.54) is 7.11 Å². The number of hydrogen-bond donors (Lipinski definition) is 3. The van der Waals surface area contributed by atoms with E-state index in [1.54, 1.807) is 42.5 Å². The highest BCUT2D eigenvalue weighted by atomic mass is 32.2. The molecule has 0 aliphatic heterocycles. The Kier molecular flexibility index (Phi) is 7.28. The summed E-state index contributed by atoms with van der Waals surface area (Å²) in [6.07, 6.45) is 0. The number of aromatic carboxylic acids is 1. The van der Waals surface area contributed by atoms with E-state index in [-0.39, 0.29) is 17.0 Å². The minimum atomic E-state index is -3.56. The van der Waals surface area contributed by atoms with Crippen molar-refractivity contribution >= 4 is 16.0 Å². The lowest BCUT2D eigenvalue weighted by Gasteiger charge is -2.09. The Bertz CT molecular complexity index is 835. The van der Waals surface area contributed by atoms with Gasteiger partial charge in [-0.15, -0.1) is 0 Å². The van der Waals surface area contributed by atoms with Crippen LogP contribution in [0.3, 0.4) is 0 Å². The van der Waals surface area contributed by atoms with Gasteiger partial charge in [0.2, 0.25) is 10.0 Å². The molecule has 8 heteroatoms. The third-order valence-electron chi connectivity index (χ3n) is 3.67. The van der Waals surface area contributed by atoms with E-state index in [2.05, 4.69) is 10.0 Å². The maximum absolute atomic E-state index is 12.2. The van der Waals surface area contributed by atoms with Gasteiger partial charge in [0, 0.05) is 26.7 Å². The van der Waals surface area contributed by atoms with E-state index in [4.69, 9.17) is 9.84 Å². The Morgan fingerprint density at radius 1 is 1.08 bits per heavy atom. The van der Waals surface area contributed by atoms with Crippen LogP contribution in [0.25, 0.3) is 0 Å². The van der Waals surface area contributed by atoms with E-state index < -0.39 is 16.0 Å². The van der Waals surface area contributed by atoms with Gasteiger partial charge in [-0.2, -0.15) is 0 Å². The molecule has 140 valence electrons. The van der Waals surface area contributed by atoms with Gasteiger partial charge in [0.25, 0.3) is 0 Å². The number of benzene rings is 2. The predicted octanol–water partition coefficient (Wildman–Crippen LogP) is 1.60. The topological polar surface area (TPSA) is 105 Å². The maximum Gasteiger partial charge on any atom is 0.335 e. The van der Waals surface area contributed by atoms with Crippen LogP contribution in [-0.2, 0) is 27.8 Å². The summed E-state index contributed by atoms with van der Waals surface area (Å²) in [5.74, 6) is -0.957. The third-order valence-corrected chi connectivity index (χ3v) is 5.12. The molecule has 0 heterocycles. The minimum Gasteiger partial charge on any atom is -0.478 e. The summed E-state index contributed by atoms with van der Waals surface area (Å²) < 4.78 is 31.7. The molecule has 7 nitrogen and oxygen atoms in total. The zero-order valence-electron chi connectivity index (χ0n) is 14.4.